The topological polar surface area (TPSA) is 69.6 Å². The maximum atomic E-state index is 12.3. The van der Waals surface area contributed by atoms with E-state index in [4.69, 9.17) is 5.11 Å². The summed E-state index contributed by atoms with van der Waals surface area (Å²) in [5.74, 6) is 1.70. The Morgan fingerprint density at radius 1 is 1.14 bits per heavy atom. The molecule has 21 heavy (non-hydrogen) atoms. The van der Waals surface area contributed by atoms with Crippen LogP contribution in [0.15, 0.2) is 0 Å². The highest BCUT2D eigenvalue weighted by Crippen LogP contribution is 2.53. The number of carbonyl (C=O) groups is 2. The van der Waals surface area contributed by atoms with Crippen molar-refractivity contribution in [3.8, 4) is 0 Å². The number of nitrogens with zero attached hydrogens (tertiary/aromatic N) is 1. The number of carbonyl (C=O) groups excluding carboxylic acids is 1. The first kappa shape index (κ1) is 14.7. The number of carboxylic acids is 1. The van der Waals surface area contributed by atoms with E-state index in [1.807, 2.05) is 0 Å². The molecule has 4 bridgehead atoms. The molecule has 5 heteroatoms. The highest BCUT2D eigenvalue weighted by molar-refractivity contribution is 5.76. The van der Waals surface area contributed by atoms with Gasteiger partial charge in [0.1, 0.15) is 0 Å². The number of aliphatic carboxylic acids is 1. The second-order valence-electron chi connectivity index (χ2n) is 7.53. The van der Waals surface area contributed by atoms with Gasteiger partial charge in [0, 0.05) is 19.6 Å². The summed E-state index contributed by atoms with van der Waals surface area (Å²) in [7, 11) is 1.69. The molecule has 0 radical (unpaired) electrons. The van der Waals surface area contributed by atoms with E-state index in [1.54, 1.807) is 14.0 Å². The van der Waals surface area contributed by atoms with Crippen LogP contribution in [0.2, 0.25) is 0 Å². The molecular weight excluding hydrogens is 268 g/mol. The summed E-state index contributed by atoms with van der Waals surface area (Å²) < 4.78 is 0. The monoisotopic (exact) mass is 294 g/mol. The molecule has 0 aliphatic heterocycles. The van der Waals surface area contributed by atoms with Crippen LogP contribution in [-0.2, 0) is 4.79 Å². The van der Waals surface area contributed by atoms with Gasteiger partial charge in [0.25, 0.3) is 0 Å². The molecule has 4 saturated carbocycles. The van der Waals surface area contributed by atoms with Crippen LogP contribution in [0.4, 0.5) is 4.79 Å². The van der Waals surface area contributed by atoms with Crippen molar-refractivity contribution in [3.05, 3.63) is 0 Å². The van der Waals surface area contributed by atoms with Crippen LogP contribution < -0.4 is 5.32 Å². The summed E-state index contributed by atoms with van der Waals surface area (Å²) in [5.41, 5.74) is 0. The number of nitrogens with one attached hydrogen (secondary N) is 1. The van der Waals surface area contributed by atoms with Gasteiger partial charge in [-0.1, -0.05) is 6.92 Å². The molecule has 0 aromatic heterocycles. The molecule has 0 saturated heterocycles. The summed E-state index contributed by atoms with van der Waals surface area (Å²) >= 11 is 0. The largest absolute Gasteiger partial charge is 0.481 e. The molecule has 0 aromatic carbocycles. The molecule has 4 aliphatic rings. The van der Waals surface area contributed by atoms with Gasteiger partial charge in [-0.05, 0) is 55.8 Å². The third-order valence-corrected chi connectivity index (χ3v) is 5.83. The Balaban J connectivity index is 1.56. The number of amides is 2. The third kappa shape index (κ3) is 2.87. The van der Waals surface area contributed by atoms with E-state index < -0.39 is 11.9 Å². The first-order valence-electron chi connectivity index (χ1n) is 8.18. The van der Waals surface area contributed by atoms with Crippen molar-refractivity contribution >= 4 is 12.0 Å². The van der Waals surface area contributed by atoms with Gasteiger partial charge < -0.3 is 15.3 Å². The molecule has 0 spiro atoms. The first-order valence-corrected chi connectivity index (χ1v) is 8.18. The lowest BCUT2D eigenvalue weighted by Gasteiger charge is -2.54. The fourth-order valence-corrected chi connectivity index (χ4v) is 4.99. The smallest absolute Gasteiger partial charge is 0.317 e. The van der Waals surface area contributed by atoms with Gasteiger partial charge in [-0.15, -0.1) is 0 Å². The zero-order chi connectivity index (χ0) is 15.1. The van der Waals surface area contributed by atoms with Crippen molar-refractivity contribution in [3.63, 3.8) is 0 Å². The van der Waals surface area contributed by atoms with Crippen molar-refractivity contribution in [2.24, 2.45) is 29.6 Å². The minimum Gasteiger partial charge on any atom is -0.481 e. The molecule has 1 atom stereocenters. The zero-order valence-electron chi connectivity index (χ0n) is 12.9. The van der Waals surface area contributed by atoms with Crippen molar-refractivity contribution in [2.75, 3.05) is 13.6 Å². The molecule has 2 amide bonds. The van der Waals surface area contributed by atoms with E-state index in [0.29, 0.717) is 17.9 Å². The predicted octanol–water partition coefficient (Wildman–Crippen LogP) is 2.17. The molecule has 0 heterocycles. The number of urea groups is 1. The zero-order valence-corrected chi connectivity index (χ0v) is 12.9. The summed E-state index contributed by atoms with van der Waals surface area (Å²) in [5, 5.41) is 12.1. The average molecular weight is 294 g/mol. The fourth-order valence-electron chi connectivity index (χ4n) is 4.99. The number of hydrogen-bond donors (Lipinski definition) is 2. The Bertz CT molecular complexity index is 409. The maximum absolute atomic E-state index is 12.3. The number of hydrogen-bond acceptors (Lipinski definition) is 2. The standard InChI is InChI=1S/C16H26N2O3/c1-9(15(19)20)8-18(2)16(21)17-14-12-4-10-3-11(6-12)7-13(14)5-10/h9-14H,3-8H2,1-2H3,(H,17,21)(H,19,20). The van der Waals surface area contributed by atoms with E-state index in [2.05, 4.69) is 5.32 Å². The van der Waals surface area contributed by atoms with Gasteiger partial charge >= 0.3 is 12.0 Å². The van der Waals surface area contributed by atoms with Gasteiger partial charge in [0.2, 0.25) is 0 Å². The minimum atomic E-state index is -0.857. The van der Waals surface area contributed by atoms with Gasteiger partial charge in [0.05, 0.1) is 5.92 Å². The molecule has 118 valence electrons. The second-order valence-corrected chi connectivity index (χ2v) is 7.53. The summed E-state index contributed by atoms with van der Waals surface area (Å²) in [4.78, 5) is 24.7. The second kappa shape index (κ2) is 5.50. The molecule has 4 aliphatic carbocycles. The predicted molar refractivity (Wildman–Crippen MR) is 78.8 cm³/mol. The van der Waals surface area contributed by atoms with Crippen LogP contribution in [0, 0.1) is 29.6 Å². The Kier molecular flexibility index (Phi) is 3.84. The van der Waals surface area contributed by atoms with Gasteiger partial charge in [-0.2, -0.15) is 0 Å². The SMILES string of the molecule is CC(CN(C)C(=O)NC1C2CC3CC(C2)CC1C3)C(=O)O. The highest BCUT2D eigenvalue weighted by atomic mass is 16.4. The third-order valence-electron chi connectivity index (χ3n) is 5.83. The number of rotatable bonds is 4. The van der Waals surface area contributed by atoms with Crippen LogP contribution in [0.5, 0.6) is 0 Å². The van der Waals surface area contributed by atoms with Crippen LogP contribution in [-0.4, -0.2) is 41.6 Å². The quantitative estimate of drug-likeness (QED) is 0.835. The molecule has 4 fully saturated rings. The van der Waals surface area contributed by atoms with Gasteiger partial charge in [0.15, 0.2) is 0 Å². The van der Waals surface area contributed by atoms with Crippen molar-refractivity contribution in [1.82, 2.24) is 10.2 Å². The first-order chi connectivity index (χ1) is 9.94. The molecule has 4 rings (SSSR count). The molecular formula is C16H26N2O3. The summed E-state index contributed by atoms with van der Waals surface area (Å²) in [6.45, 7) is 1.89. The van der Waals surface area contributed by atoms with Gasteiger partial charge in [-0.3, -0.25) is 4.79 Å². The van der Waals surface area contributed by atoms with Gasteiger partial charge in [-0.25, -0.2) is 4.79 Å². The van der Waals surface area contributed by atoms with Crippen LogP contribution in [0.1, 0.15) is 39.0 Å². The number of carboxylic acid groups (broad SMARTS) is 1. The Hall–Kier alpha value is -1.26. The lowest BCUT2D eigenvalue weighted by molar-refractivity contribution is -0.141. The summed E-state index contributed by atoms with van der Waals surface area (Å²) in [6.07, 6.45) is 6.49. The average Bonchev–Trinajstić information content (AvgIpc) is 2.41. The van der Waals surface area contributed by atoms with Crippen molar-refractivity contribution < 1.29 is 14.7 Å². The van der Waals surface area contributed by atoms with E-state index in [1.165, 1.54) is 37.0 Å². The molecule has 1 unspecified atom stereocenters. The maximum Gasteiger partial charge on any atom is 0.317 e. The van der Waals surface area contributed by atoms with Crippen LogP contribution in [0.25, 0.3) is 0 Å². The molecule has 0 aromatic rings. The lowest BCUT2D eigenvalue weighted by Crippen LogP contribution is -2.57. The fraction of sp³-hybridized carbons (Fsp3) is 0.875. The summed E-state index contributed by atoms with van der Waals surface area (Å²) in [6, 6.07) is 0.202. The van der Waals surface area contributed by atoms with E-state index in [0.717, 1.165) is 11.8 Å². The molecule has 5 nitrogen and oxygen atoms in total. The van der Waals surface area contributed by atoms with E-state index in [-0.39, 0.29) is 12.6 Å². The Morgan fingerprint density at radius 2 is 1.67 bits per heavy atom. The van der Waals surface area contributed by atoms with E-state index >= 15 is 0 Å². The normalized spacial score (nSPS) is 38.1. The van der Waals surface area contributed by atoms with Crippen LogP contribution >= 0.6 is 0 Å². The highest BCUT2D eigenvalue weighted by Gasteiger charge is 2.48. The van der Waals surface area contributed by atoms with E-state index in [9.17, 15) is 9.59 Å². The van der Waals surface area contributed by atoms with Crippen LogP contribution in [0.3, 0.4) is 0 Å². The minimum absolute atomic E-state index is 0.111. The lowest BCUT2D eigenvalue weighted by atomic mass is 9.54. The Labute approximate surface area is 126 Å². The Morgan fingerprint density at radius 3 is 2.14 bits per heavy atom. The molecule has 2 N–H and O–H groups in total. The van der Waals surface area contributed by atoms with Crippen molar-refractivity contribution in [2.45, 2.75) is 45.1 Å². The van der Waals surface area contributed by atoms with Crippen molar-refractivity contribution in [1.29, 1.82) is 0 Å².